The second kappa shape index (κ2) is 8.11. The number of nitrogens with zero attached hydrogens (tertiary/aromatic N) is 2. The normalized spacial score (nSPS) is 10.3. The smallest absolute Gasteiger partial charge is 0.254 e. The zero-order valence-corrected chi connectivity index (χ0v) is 14.5. The number of carbonyl (C=O) groups excluding carboxylic acids is 2. The molecule has 1 heterocycles. The van der Waals surface area contributed by atoms with Gasteiger partial charge in [0, 0.05) is 18.7 Å². The first-order valence-corrected chi connectivity index (χ1v) is 8.38. The molecule has 3 aromatic rings. The molecule has 0 atom stereocenters. The highest BCUT2D eigenvalue weighted by Gasteiger charge is 2.14. The van der Waals surface area contributed by atoms with E-state index in [-0.39, 0.29) is 11.8 Å². The minimum Gasteiger partial charge on any atom is -0.350 e. The van der Waals surface area contributed by atoms with Crippen molar-refractivity contribution in [1.82, 2.24) is 20.4 Å². The molecule has 0 unspecified atom stereocenters. The van der Waals surface area contributed by atoms with Crippen LogP contribution in [0.25, 0.3) is 5.69 Å². The largest absolute Gasteiger partial charge is 0.350 e. The van der Waals surface area contributed by atoms with Crippen molar-refractivity contribution in [2.45, 2.75) is 6.92 Å². The molecule has 0 saturated heterocycles. The standard InChI is InChI=1S/C20H20N4O2/c1-15-18(14-23-24(15)17-10-6-3-7-11-17)20(26)22-13-12-21-19(25)16-8-4-2-5-9-16/h2-11,14H,12-13H2,1H3,(H,21,25)(H,22,26). The number of hydrogen-bond acceptors (Lipinski definition) is 3. The number of rotatable bonds is 6. The van der Waals surface area contributed by atoms with E-state index < -0.39 is 0 Å². The number of amides is 2. The third kappa shape index (κ3) is 3.97. The number of carbonyl (C=O) groups is 2. The van der Waals surface area contributed by atoms with Crippen LogP contribution < -0.4 is 10.6 Å². The predicted octanol–water partition coefficient (Wildman–Crippen LogP) is 2.34. The van der Waals surface area contributed by atoms with Crippen molar-refractivity contribution >= 4 is 11.8 Å². The van der Waals surface area contributed by atoms with Crippen molar-refractivity contribution in [1.29, 1.82) is 0 Å². The summed E-state index contributed by atoms with van der Waals surface area (Å²) in [4.78, 5) is 24.3. The fourth-order valence-corrected chi connectivity index (χ4v) is 2.60. The lowest BCUT2D eigenvalue weighted by atomic mass is 10.2. The number of aromatic nitrogens is 2. The molecule has 26 heavy (non-hydrogen) atoms. The molecular weight excluding hydrogens is 328 g/mol. The molecule has 0 radical (unpaired) electrons. The van der Waals surface area contributed by atoms with Crippen LogP contribution in [-0.2, 0) is 0 Å². The first kappa shape index (κ1) is 17.4. The van der Waals surface area contributed by atoms with Gasteiger partial charge in [0.15, 0.2) is 0 Å². The highest BCUT2D eigenvalue weighted by Crippen LogP contribution is 2.13. The molecule has 2 N–H and O–H groups in total. The lowest BCUT2D eigenvalue weighted by Crippen LogP contribution is -2.34. The Morgan fingerprint density at radius 3 is 2.12 bits per heavy atom. The summed E-state index contributed by atoms with van der Waals surface area (Å²) in [7, 11) is 0. The zero-order chi connectivity index (χ0) is 18.4. The number of para-hydroxylation sites is 1. The van der Waals surface area contributed by atoms with Gasteiger partial charge in [-0.15, -0.1) is 0 Å². The average molecular weight is 348 g/mol. The van der Waals surface area contributed by atoms with Crippen molar-refractivity contribution in [2.75, 3.05) is 13.1 Å². The van der Waals surface area contributed by atoms with Gasteiger partial charge in [-0.25, -0.2) is 4.68 Å². The summed E-state index contributed by atoms with van der Waals surface area (Å²) < 4.78 is 1.73. The molecule has 2 amide bonds. The Hall–Kier alpha value is -3.41. The molecule has 3 rings (SSSR count). The maximum absolute atomic E-state index is 12.3. The molecule has 6 heteroatoms. The van der Waals surface area contributed by atoms with E-state index in [1.807, 2.05) is 55.5 Å². The maximum atomic E-state index is 12.3. The highest BCUT2D eigenvalue weighted by atomic mass is 16.2. The fourth-order valence-electron chi connectivity index (χ4n) is 2.60. The van der Waals surface area contributed by atoms with E-state index in [0.717, 1.165) is 11.4 Å². The van der Waals surface area contributed by atoms with E-state index in [9.17, 15) is 9.59 Å². The molecule has 0 bridgehead atoms. The quantitative estimate of drug-likeness (QED) is 0.672. The van der Waals surface area contributed by atoms with Gasteiger partial charge in [0.05, 0.1) is 23.1 Å². The molecule has 132 valence electrons. The number of nitrogens with one attached hydrogen (secondary N) is 2. The first-order valence-electron chi connectivity index (χ1n) is 8.38. The summed E-state index contributed by atoms with van der Waals surface area (Å²) in [6.45, 7) is 2.55. The maximum Gasteiger partial charge on any atom is 0.254 e. The van der Waals surface area contributed by atoms with Crippen LogP contribution in [0.2, 0.25) is 0 Å². The minimum atomic E-state index is -0.210. The lowest BCUT2D eigenvalue weighted by molar-refractivity contribution is 0.0927. The Kier molecular flexibility index (Phi) is 5.43. The number of benzene rings is 2. The van der Waals surface area contributed by atoms with Crippen molar-refractivity contribution in [3.05, 3.63) is 83.7 Å². The van der Waals surface area contributed by atoms with Crippen LogP contribution in [0.4, 0.5) is 0 Å². The summed E-state index contributed by atoms with van der Waals surface area (Å²) in [5, 5.41) is 9.87. The molecule has 0 fully saturated rings. The second-order valence-electron chi connectivity index (χ2n) is 5.77. The van der Waals surface area contributed by atoms with Gasteiger partial charge in [0.2, 0.25) is 0 Å². The first-order chi connectivity index (χ1) is 12.7. The van der Waals surface area contributed by atoms with Gasteiger partial charge >= 0.3 is 0 Å². The summed E-state index contributed by atoms with van der Waals surface area (Å²) in [6, 6.07) is 18.6. The van der Waals surface area contributed by atoms with E-state index in [2.05, 4.69) is 15.7 Å². The van der Waals surface area contributed by atoms with Crippen molar-refractivity contribution in [3.8, 4) is 5.69 Å². The van der Waals surface area contributed by atoms with E-state index in [1.54, 1.807) is 23.0 Å². The summed E-state index contributed by atoms with van der Waals surface area (Å²) in [6.07, 6.45) is 1.56. The zero-order valence-electron chi connectivity index (χ0n) is 14.5. The van der Waals surface area contributed by atoms with Crippen molar-refractivity contribution < 1.29 is 9.59 Å². The van der Waals surface area contributed by atoms with E-state index in [0.29, 0.717) is 24.2 Å². The third-order valence-electron chi connectivity index (χ3n) is 3.99. The van der Waals surface area contributed by atoms with Crippen LogP contribution >= 0.6 is 0 Å². The molecule has 2 aromatic carbocycles. The average Bonchev–Trinajstić information content (AvgIpc) is 3.07. The Labute approximate surface area is 151 Å². The summed E-state index contributed by atoms with van der Waals surface area (Å²) in [5.74, 6) is -0.369. The second-order valence-corrected chi connectivity index (χ2v) is 5.77. The molecular formula is C20H20N4O2. The van der Waals surface area contributed by atoms with E-state index in [4.69, 9.17) is 0 Å². The van der Waals surface area contributed by atoms with Crippen LogP contribution in [0.15, 0.2) is 66.9 Å². The highest BCUT2D eigenvalue weighted by molar-refractivity contribution is 5.95. The minimum absolute atomic E-state index is 0.159. The Morgan fingerprint density at radius 1 is 0.885 bits per heavy atom. The van der Waals surface area contributed by atoms with Gasteiger partial charge in [0.25, 0.3) is 11.8 Å². The van der Waals surface area contributed by atoms with Crippen LogP contribution in [0.1, 0.15) is 26.4 Å². The van der Waals surface area contributed by atoms with Gasteiger partial charge in [-0.2, -0.15) is 5.10 Å². The Morgan fingerprint density at radius 2 is 1.46 bits per heavy atom. The molecule has 0 saturated carbocycles. The number of hydrogen-bond donors (Lipinski definition) is 2. The molecule has 6 nitrogen and oxygen atoms in total. The monoisotopic (exact) mass is 348 g/mol. The van der Waals surface area contributed by atoms with Crippen LogP contribution in [0, 0.1) is 6.92 Å². The van der Waals surface area contributed by atoms with E-state index >= 15 is 0 Å². The molecule has 0 aliphatic heterocycles. The van der Waals surface area contributed by atoms with Crippen LogP contribution in [0.3, 0.4) is 0 Å². The summed E-state index contributed by atoms with van der Waals surface area (Å²) in [5.41, 5.74) is 2.78. The van der Waals surface area contributed by atoms with Crippen molar-refractivity contribution in [3.63, 3.8) is 0 Å². The van der Waals surface area contributed by atoms with Gasteiger partial charge in [-0.05, 0) is 31.2 Å². The Bertz CT molecular complexity index is 889. The van der Waals surface area contributed by atoms with Gasteiger partial charge in [-0.3, -0.25) is 9.59 Å². The molecule has 0 spiro atoms. The molecule has 0 aliphatic carbocycles. The third-order valence-corrected chi connectivity index (χ3v) is 3.99. The van der Waals surface area contributed by atoms with E-state index in [1.165, 1.54) is 0 Å². The van der Waals surface area contributed by atoms with Gasteiger partial charge in [0.1, 0.15) is 0 Å². The summed E-state index contributed by atoms with van der Waals surface area (Å²) >= 11 is 0. The van der Waals surface area contributed by atoms with Gasteiger partial charge < -0.3 is 10.6 Å². The van der Waals surface area contributed by atoms with Crippen LogP contribution in [0.5, 0.6) is 0 Å². The Balaban J connectivity index is 1.53. The fraction of sp³-hybridized carbons (Fsp3) is 0.150. The van der Waals surface area contributed by atoms with Crippen molar-refractivity contribution in [2.24, 2.45) is 0 Å². The van der Waals surface area contributed by atoms with Crippen LogP contribution in [-0.4, -0.2) is 34.7 Å². The predicted molar refractivity (Wildman–Crippen MR) is 99.4 cm³/mol. The lowest BCUT2D eigenvalue weighted by Gasteiger charge is -2.08. The molecule has 0 aliphatic rings. The SMILES string of the molecule is Cc1c(C(=O)NCCNC(=O)c2ccccc2)cnn1-c1ccccc1. The molecule has 1 aromatic heterocycles. The topological polar surface area (TPSA) is 76.0 Å². The van der Waals surface area contributed by atoms with Gasteiger partial charge in [-0.1, -0.05) is 36.4 Å².